The third-order valence-electron chi connectivity index (χ3n) is 3.44. The van der Waals surface area contributed by atoms with Crippen molar-refractivity contribution in [3.05, 3.63) is 0 Å². The Morgan fingerprint density at radius 3 is 2.56 bits per heavy atom. The van der Waals surface area contributed by atoms with Crippen molar-refractivity contribution in [3.63, 3.8) is 0 Å². The molecular formula is C14H28BNO2. The van der Waals surface area contributed by atoms with Crippen molar-refractivity contribution in [1.29, 1.82) is 0 Å². The van der Waals surface area contributed by atoms with E-state index in [9.17, 15) is 4.79 Å². The van der Waals surface area contributed by atoms with Crippen molar-refractivity contribution in [2.75, 3.05) is 0 Å². The van der Waals surface area contributed by atoms with Crippen LogP contribution < -0.4 is 5.32 Å². The van der Waals surface area contributed by atoms with E-state index in [4.69, 9.17) is 4.74 Å². The first-order valence-corrected chi connectivity index (χ1v) is 7.33. The molecule has 0 bridgehead atoms. The number of amides is 1. The van der Waals surface area contributed by atoms with Crippen LogP contribution in [0.1, 0.15) is 53.4 Å². The van der Waals surface area contributed by atoms with Gasteiger partial charge in [-0.3, -0.25) is 4.79 Å². The van der Waals surface area contributed by atoms with Gasteiger partial charge in [-0.05, 0) is 31.1 Å². The Hall–Kier alpha value is -0.505. The average Bonchev–Trinajstić information content (AvgIpc) is 2.55. The smallest absolute Gasteiger partial charge is 0.220 e. The minimum Gasteiger partial charge on any atom is -0.382 e. The summed E-state index contributed by atoms with van der Waals surface area (Å²) in [6.07, 6.45) is 3.77. The molecule has 0 saturated carbocycles. The van der Waals surface area contributed by atoms with Gasteiger partial charge in [-0.1, -0.05) is 27.7 Å². The average molecular weight is 253 g/mol. The first kappa shape index (κ1) is 15.6. The van der Waals surface area contributed by atoms with Crippen LogP contribution in [0.4, 0.5) is 0 Å². The highest BCUT2D eigenvalue weighted by molar-refractivity contribution is 6.11. The van der Waals surface area contributed by atoms with Crippen LogP contribution in [0.2, 0.25) is 0 Å². The molecule has 0 aromatic carbocycles. The van der Waals surface area contributed by atoms with Crippen LogP contribution in [0, 0.1) is 11.8 Å². The van der Waals surface area contributed by atoms with Gasteiger partial charge in [-0.2, -0.15) is 0 Å². The van der Waals surface area contributed by atoms with Gasteiger partial charge >= 0.3 is 0 Å². The molecule has 1 fully saturated rings. The molecule has 1 heterocycles. The standard InChI is InChI=1S/C14H28BNO2/c1-9(2)5-6-14(17)16-11-8-13(15)18-12(11)7-10(3)4/h9-13H,5-8,15H2,1-4H3,(H,16,17)/t11?,12-,13-/m1/s1. The Labute approximate surface area is 112 Å². The van der Waals surface area contributed by atoms with Gasteiger partial charge < -0.3 is 10.1 Å². The lowest BCUT2D eigenvalue weighted by Crippen LogP contribution is -2.41. The molecule has 0 aromatic rings. The molecular weight excluding hydrogens is 225 g/mol. The second-order valence-electron chi connectivity index (χ2n) is 6.46. The summed E-state index contributed by atoms with van der Waals surface area (Å²) in [5.41, 5.74) is 0. The number of nitrogens with one attached hydrogen (secondary N) is 1. The molecule has 0 spiro atoms. The second-order valence-corrected chi connectivity index (χ2v) is 6.46. The van der Waals surface area contributed by atoms with Crippen LogP contribution in [0.15, 0.2) is 0 Å². The van der Waals surface area contributed by atoms with Crippen molar-refractivity contribution in [1.82, 2.24) is 5.32 Å². The molecule has 1 unspecified atom stereocenters. The van der Waals surface area contributed by atoms with E-state index in [1.54, 1.807) is 0 Å². The molecule has 3 nitrogen and oxygen atoms in total. The zero-order valence-corrected chi connectivity index (χ0v) is 12.5. The third kappa shape index (κ3) is 5.43. The molecule has 1 rings (SSSR count). The fourth-order valence-corrected chi connectivity index (χ4v) is 2.49. The van der Waals surface area contributed by atoms with E-state index >= 15 is 0 Å². The summed E-state index contributed by atoms with van der Waals surface area (Å²) in [4.78, 5) is 11.9. The monoisotopic (exact) mass is 253 g/mol. The number of ether oxygens (including phenoxy) is 1. The van der Waals surface area contributed by atoms with E-state index in [1.807, 2.05) is 0 Å². The van der Waals surface area contributed by atoms with Crippen molar-refractivity contribution in [3.8, 4) is 0 Å². The molecule has 1 aliphatic rings. The summed E-state index contributed by atoms with van der Waals surface area (Å²) in [7, 11) is 2.09. The molecule has 1 aliphatic heterocycles. The van der Waals surface area contributed by atoms with Crippen LogP contribution in [0.3, 0.4) is 0 Å². The van der Waals surface area contributed by atoms with Gasteiger partial charge in [0.05, 0.1) is 12.1 Å². The molecule has 0 aliphatic carbocycles. The van der Waals surface area contributed by atoms with E-state index in [1.165, 1.54) is 0 Å². The third-order valence-corrected chi connectivity index (χ3v) is 3.44. The molecule has 1 amide bonds. The zero-order chi connectivity index (χ0) is 13.7. The SMILES string of the molecule is B[C@H]1CC(NC(=O)CCC(C)C)[C@@H](CC(C)C)O1. The van der Waals surface area contributed by atoms with Gasteiger partial charge in [0.2, 0.25) is 5.91 Å². The quantitative estimate of drug-likeness (QED) is 0.732. The molecule has 104 valence electrons. The fourth-order valence-electron chi connectivity index (χ4n) is 2.49. The number of carbonyl (C=O) groups is 1. The molecule has 3 atom stereocenters. The highest BCUT2D eigenvalue weighted by atomic mass is 16.5. The van der Waals surface area contributed by atoms with E-state index in [0.29, 0.717) is 18.3 Å². The fraction of sp³-hybridized carbons (Fsp3) is 0.929. The van der Waals surface area contributed by atoms with Gasteiger partial charge in [0, 0.05) is 12.4 Å². The number of rotatable bonds is 6. The topological polar surface area (TPSA) is 38.3 Å². The highest BCUT2D eigenvalue weighted by Crippen LogP contribution is 2.24. The van der Waals surface area contributed by atoms with Crippen molar-refractivity contribution in [2.24, 2.45) is 11.8 Å². The van der Waals surface area contributed by atoms with Crippen molar-refractivity contribution >= 4 is 13.8 Å². The Morgan fingerprint density at radius 2 is 2.00 bits per heavy atom. The van der Waals surface area contributed by atoms with Gasteiger partial charge in [0.25, 0.3) is 0 Å². The van der Waals surface area contributed by atoms with Crippen LogP contribution in [0.5, 0.6) is 0 Å². The van der Waals surface area contributed by atoms with E-state index in [0.717, 1.165) is 19.3 Å². The summed E-state index contributed by atoms with van der Waals surface area (Å²) in [6.45, 7) is 8.69. The predicted molar refractivity (Wildman–Crippen MR) is 77.3 cm³/mol. The maximum absolute atomic E-state index is 11.9. The summed E-state index contributed by atoms with van der Waals surface area (Å²) in [6, 6.07) is 0.478. The summed E-state index contributed by atoms with van der Waals surface area (Å²) < 4.78 is 5.90. The Kier molecular flexibility index (Phi) is 6.20. The molecule has 0 aromatic heterocycles. The van der Waals surface area contributed by atoms with Crippen LogP contribution in [-0.2, 0) is 9.53 Å². The highest BCUT2D eigenvalue weighted by Gasteiger charge is 2.33. The molecule has 0 radical (unpaired) electrons. The van der Waals surface area contributed by atoms with Crippen molar-refractivity contribution < 1.29 is 9.53 Å². The zero-order valence-electron chi connectivity index (χ0n) is 12.5. The molecule has 4 heteroatoms. The van der Waals surface area contributed by atoms with Crippen molar-refractivity contribution in [2.45, 2.75) is 71.5 Å². The number of carbonyl (C=O) groups excluding carboxylic acids is 1. The van der Waals surface area contributed by atoms with E-state index in [-0.39, 0.29) is 24.1 Å². The Balaban J connectivity index is 2.40. The summed E-state index contributed by atoms with van der Waals surface area (Å²) in [5.74, 6) is 1.37. The largest absolute Gasteiger partial charge is 0.382 e. The van der Waals surface area contributed by atoms with E-state index in [2.05, 4.69) is 40.9 Å². The minimum absolute atomic E-state index is 0.181. The van der Waals surface area contributed by atoms with Gasteiger partial charge in [-0.15, -0.1) is 0 Å². The number of hydrogen-bond donors (Lipinski definition) is 1. The first-order valence-electron chi connectivity index (χ1n) is 7.33. The van der Waals surface area contributed by atoms with E-state index < -0.39 is 0 Å². The maximum Gasteiger partial charge on any atom is 0.220 e. The normalized spacial score (nSPS) is 28.0. The molecule has 18 heavy (non-hydrogen) atoms. The maximum atomic E-state index is 11.9. The number of hydrogen-bond acceptors (Lipinski definition) is 2. The lowest BCUT2D eigenvalue weighted by molar-refractivity contribution is -0.122. The second kappa shape index (κ2) is 7.17. The summed E-state index contributed by atoms with van der Waals surface area (Å²) >= 11 is 0. The predicted octanol–water partition coefficient (Wildman–Crippen LogP) is 1.70. The minimum atomic E-state index is 0.181. The van der Waals surface area contributed by atoms with Crippen LogP contribution in [0.25, 0.3) is 0 Å². The lowest BCUT2D eigenvalue weighted by atomic mass is 9.93. The first-order chi connectivity index (χ1) is 8.38. The lowest BCUT2D eigenvalue weighted by Gasteiger charge is -2.21. The van der Waals surface area contributed by atoms with Gasteiger partial charge in [0.1, 0.15) is 7.85 Å². The Morgan fingerprint density at radius 1 is 1.33 bits per heavy atom. The summed E-state index contributed by atoms with van der Waals surface area (Å²) in [5, 5.41) is 3.16. The molecule has 1 N–H and O–H groups in total. The molecule has 1 saturated heterocycles. The van der Waals surface area contributed by atoms with Gasteiger partial charge in [-0.25, -0.2) is 0 Å². The van der Waals surface area contributed by atoms with Gasteiger partial charge in [0.15, 0.2) is 0 Å². The van der Waals surface area contributed by atoms with Crippen LogP contribution in [-0.4, -0.2) is 31.9 Å². The van der Waals surface area contributed by atoms with Crippen LogP contribution >= 0.6 is 0 Å². The Bertz CT molecular complexity index is 269.